The molecule has 0 saturated heterocycles. The Kier molecular flexibility index (Phi) is 2.25. The Hall–Kier alpha value is -2.03. The van der Waals surface area contributed by atoms with Crippen molar-refractivity contribution in [2.45, 2.75) is 12.3 Å². The average molecular weight is 228 g/mol. The molecule has 1 aromatic heterocycles. The van der Waals surface area contributed by atoms with E-state index < -0.39 is 5.97 Å². The fourth-order valence-corrected chi connectivity index (χ4v) is 2.09. The van der Waals surface area contributed by atoms with Crippen molar-refractivity contribution in [2.75, 3.05) is 0 Å². The molecule has 0 radical (unpaired) electrons. The van der Waals surface area contributed by atoms with Gasteiger partial charge in [-0.25, -0.2) is 0 Å². The minimum atomic E-state index is -0.729. The van der Waals surface area contributed by atoms with Crippen molar-refractivity contribution >= 4 is 5.97 Å². The van der Waals surface area contributed by atoms with Gasteiger partial charge in [-0.15, -0.1) is 0 Å². The molecule has 17 heavy (non-hydrogen) atoms. The summed E-state index contributed by atoms with van der Waals surface area (Å²) in [5, 5.41) is 8.87. The van der Waals surface area contributed by atoms with E-state index in [1.807, 2.05) is 42.5 Å². The molecule has 1 N–H and O–H groups in total. The summed E-state index contributed by atoms with van der Waals surface area (Å²) < 4.78 is 5.71. The van der Waals surface area contributed by atoms with Crippen molar-refractivity contribution in [3.63, 3.8) is 0 Å². The molecule has 1 aliphatic rings. The molecule has 86 valence electrons. The van der Waals surface area contributed by atoms with E-state index in [1.54, 1.807) is 0 Å². The zero-order valence-electron chi connectivity index (χ0n) is 9.17. The summed E-state index contributed by atoms with van der Waals surface area (Å²) in [7, 11) is 0. The maximum atomic E-state index is 10.8. The number of hydrogen-bond donors (Lipinski definition) is 1. The van der Waals surface area contributed by atoms with Gasteiger partial charge in [0.2, 0.25) is 0 Å². The van der Waals surface area contributed by atoms with Crippen molar-refractivity contribution in [1.82, 2.24) is 0 Å². The summed E-state index contributed by atoms with van der Waals surface area (Å²) >= 11 is 0. The van der Waals surface area contributed by atoms with Gasteiger partial charge in [-0.05, 0) is 18.6 Å². The number of hydrogen-bond acceptors (Lipinski definition) is 2. The number of carbonyl (C=O) groups is 1. The first kappa shape index (κ1) is 10.1. The first-order valence-corrected chi connectivity index (χ1v) is 5.63. The first-order valence-electron chi connectivity index (χ1n) is 5.63. The van der Waals surface area contributed by atoms with Gasteiger partial charge in [-0.2, -0.15) is 0 Å². The van der Waals surface area contributed by atoms with Gasteiger partial charge in [0, 0.05) is 11.5 Å². The van der Waals surface area contributed by atoms with Crippen LogP contribution in [-0.2, 0) is 4.79 Å². The van der Waals surface area contributed by atoms with Gasteiger partial charge >= 0.3 is 5.97 Å². The van der Waals surface area contributed by atoms with Crippen LogP contribution in [0.5, 0.6) is 0 Å². The van der Waals surface area contributed by atoms with Crippen molar-refractivity contribution in [1.29, 1.82) is 0 Å². The van der Waals surface area contributed by atoms with Gasteiger partial charge in [0.05, 0.1) is 5.92 Å². The molecule has 0 spiro atoms. The minimum absolute atomic E-state index is 0.0602. The predicted molar refractivity (Wildman–Crippen MR) is 62.6 cm³/mol. The van der Waals surface area contributed by atoms with E-state index in [4.69, 9.17) is 9.52 Å². The number of benzene rings is 1. The predicted octanol–water partition coefficient (Wildman–Crippen LogP) is 3.13. The summed E-state index contributed by atoms with van der Waals surface area (Å²) in [6.45, 7) is 0. The summed E-state index contributed by atoms with van der Waals surface area (Å²) in [5.41, 5.74) is 1.02. The van der Waals surface area contributed by atoms with E-state index in [1.165, 1.54) is 0 Å². The molecule has 0 bridgehead atoms. The summed E-state index contributed by atoms with van der Waals surface area (Å²) in [6, 6.07) is 13.6. The molecule has 0 amide bonds. The van der Waals surface area contributed by atoms with Gasteiger partial charge in [0.15, 0.2) is 0 Å². The largest absolute Gasteiger partial charge is 0.481 e. The zero-order chi connectivity index (χ0) is 11.8. The molecule has 0 unspecified atom stereocenters. The monoisotopic (exact) mass is 228 g/mol. The van der Waals surface area contributed by atoms with Gasteiger partial charge in [0.1, 0.15) is 11.5 Å². The molecule has 1 saturated carbocycles. The van der Waals surface area contributed by atoms with Crippen LogP contribution in [0.4, 0.5) is 0 Å². The third-order valence-electron chi connectivity index (χ3n) is 3.16. The molecule has 1 fully saturated rings. The maximum Gasteiger partial charge on any atom is 0.307 e. The fraction of sp³-hybridized carbons (Fsp3) is 0.214. The Labute approximate surface area is 98.7 Å². The summed E-state index contributed by atoms with van der Waals surface area (Å²) in [4.78, 5) is 10.8. The molecule has 3 nitrogen and oxygen atoms in total. The quantitative estimate of drug-likeness (QED) is 0.878. The highest BCUT2D eigenvalue weighted by molar-refractivity contribution is 5.75. The minimum Gasteiger partial charge on any atom is -0.481 e. The first-order chi connectivity index (χ1) is 8.25. The molecule has 3 heteroatoms. The highest BCUT2D eigenvalue weighted by Gasteiger charge is 2.46. The SMILES string of the molecule is O=C(O)[C@@H]1C[C@H]1c1ccc(-c2ccccc2)o1. The van der Waals surface area contributed by atoms with E-state index in [0.29, 0.717) is 6.42 Å². The van der Waals surface area contributed by atoms with Crippen molar-refractivity contribution in [3.05, 3.63) is 48.2 Å². The Morgan fingerprint density at radius 3 is 2.59 bits per heavy atom. The van der Waals surface area contributed by atoms with Crippen molar-refractivity contribution < 1.29 is 14.3 Å². The van der Waals surface area contributed by atoms with Gasteiger partial charge < -0.3 is 9.52 Å². The second-order valence-electron chi connectivity index (χ2n) is 4.35. The third kappa shape index (κ3) is 1.84. The highest BCUT2D eigenvalue weighted by Crippen LogP contribution is 2.48. The van der Waals surface area contributed by atoms with Gasteiger partial charge in [0.25, 0.3) is 0 Å². The third-order valence-corrected chi connectivity index (χ3v) is 3.16. The van der Waals surface area contributed by atoms with Crippen molar-refractivity contribution in [3.8, 4) is 11.3 Å². The zero-order valence-corrected chi connectivity index (χ0v) is 9.17. The Balaban J connectivity index is 1.83. The van der Waals surface area contributed by atoms with Crippen LogP contribution in [-0.4, -0.2) is 11.1 Å². The van der Waals surface area contributed by atoms with Crippen LogP contribution in [0, 0.1) is 5.92 Å². The molecule has 2 aromatic rings. The van der Waals surface area contributed by atoms with E-state index >= 15 is 0 Å². The lowest BCUT2D eigenvalue weighted by molar-refractivity contribution is -0.138. The topological polar surface area (TPSA) is 50.4 Å². The fourth-order valence-electron chi connectivity index (χ4n) is 2.09. The second-order valence-corrected chi connectivity index (χ2v) is 4.35. The van der Waals surface area contributed by atoms with Crippen LogP contribution in [0.15, 0.2) is 46.9 Å². The number of carboxylic acids is 1. The van der Waals surface area contributed by atoms with Crippen LogP contribution in [0.2, 0.25) is 0 Å². The van der Waals surface area contributed by atoms with E-state index in [2.05, 4.69) is 0 Å². The lowest BCUT2D eigenvalue weighted by Crippen LogP contribution is -1.98. The maximum absolute atomic E-state index is 10.8. The number of furan rings is 1. The lowest BCUT2D eigenvalue weighted by atomic mass is 10.2. The van der Waals surface area contributed by atoms with Crippen LogP contribution in [0.25, 0.3) is 11.3 Å². The van der Waals surface area contributed by atoms with Gasteiger partial charge in [-0.1, -0.05) is 30.3 Å². The molecule has 1 aromatic carbocycles. The molecule has 3 rings (SSSR count). The Morgan fingerprint density at radius 2 is 1.94 bits per heavy atom. The normalized spacial score (nSPS) is 22.4. The van der Waals surface area contributed by atoms with E-state index in [9.17, 15) is 4.79 Å². The molecular weight excluding hydrogens is 216 g/mol. The van der Waals surface area contributed by atoms with E-state index in [-0.39, 0.29) is 11.8 Å². The molecular formula is C14H12O3. The Morgan fingerprint density at radius 1 is 1.18 bits per heavy atom. The molecule has 0 aliphatic heterocycles. The smallest absolute Gasteiger partial charge is 0.307 e. The number of carboxylic acid groups (broad SMARTS) is 1. The number of rotatable bonds is 3. The standard InChI is InChI=1S/C14H12O3/c15-14(16)11-8-10(11)13-7-6-12(17-13)9-4-2-1-3-5-9/h1-7,10-11H,8H2,(H,15,16)/t10-,11-/m1/s1. The van der Waals surface area contributed by atoms with Crippen LogP contribution in [0.3, 0.4) is 0 Å². The second kappa shape index (κ2) is 3.77. The van der Waals surface area contributed by atoms with Crippen LogP contribution in [0.1, 0.15) is 18.1 Å². The van der Waals surface area contributed by atoms with Crippen molar-refractivity contribution in [2.24, 2.45) is 5.92 Å². The summed E-state index contributed by atoms with van der Waals surface area (Å²) in [6.07, 6.45) is 0.692. The Bertz CT molecular complexity index is 542. The lowest BCUT2D eigenvalue weighted by Gasteiger charge is -1.96. The highest BCUT2D eigenvalue weighted by atomic mass is 16.4. The van der Waals surface area contributed by atoms with Crippen LogP contribution >= 0.6 is 0 Å². The molecule has 1 aliphatic carbocycles. The van der Waals surface area contributed by atoms with Crippen LogP contribution < -0.4 is 0 Å². The summed E-state index contributed by atoms with van der Waals surface area (Å²) in [5.74, 6) is 0.662. The van der Waals surface area contributed by atoms with Gasteiger partial charge in [-0.3, -0.25) is 4.79 Å². The molecule has 1 heterocycles. The van der Waals surface area contributed by atoms with E-state index in [0.717, 1.165) is 17.1 Å². The number of aliphatic carboxylic acids is 1. The average Bonchev–Trinajstić information content (AvgIpc) is 3.01. The molecule has 2 atom stereocenters.